The number of pyridine rings is 1. The molecule has 0 amide bonds. The summed E-state index contributed by atoms with van der Waals surface area (Å²) < 4.78 is 1.58. The first-order valence-corrected chi connectivity index (χ1v) is 8.47. The van der Waals surface area contributed by atoms with Gasteiger partial charge in [-0.2, -0.15) is 0 Å². The van der Waals surface area contributed by atoms with Gasteiger partial charge in [0.25, 0.3) is 5.56 Å². The van der Waals surface area contributed by atoms with Crippen molar-refractivity contribution in [3.05, 3.63) is 81.8 Å². The van der Waals surface area contributed by atoms with Gasteiger partial charge in [-0.25, -0.2) is 4.98 Å². The summed E-state index contributed by atoms with van der Waals surface area (Å²) in [5, 5.41) is 11.3. The molecule has 4 rings (SSSR count). The predicted octanol–water partition coefficient (Wildman–Crippen LogP) is 3.69. The summed E-state index contributed by atoms with van der Waals surface area (Å²) in [6, 6.07) is 12.1. The van der Waals surface area contributed by atoms with Crippen molar-refractivity contribution in [3.8, 4) is 17.0 Å². The molecular weight excluding hydrogens is 334 g/mol. The van der Waals surface area contributed by atoms with Crippen LogP contribution >= 0.6 is 11.3 Å². The Morgan fingerprint density at radius 3 is 2.72 bits per heavy atom. The zero-order valence-electron chi connectivity index (χ0n) is 13.0. The Kier molecular flexibility index (Phi) is 3.87. The molecule has 3 heterocycles. The highest BCUT2D eigenvalue weighted by Crippen LogP contribution is 2.25. The van der Waals surface area contributed by atoms with E-state index < -0.39 is 0 Å². The Hall–Kier alpha value is -3.25. The summed E-state index contributed by atoms with van der Waals surface area (Å²) in [7, 11) is 0. The molecule has 1 aromatic carbocycles. The normalized spacial score (nSPS) is 11.4. The number of aromatic nitrogens is 3. The summed E-state index contributed by atoms with van der Waals surface area (Å²) in [6.45, 7) is 0. The Bertz CT molecular complexity index is 1110. The predicted molar refractivity (Wildman–Crippen MR) is 99.6 cm³/mol. The van der Waals surface area contributed by atoms with E-state index in [0.717, 1.165) is 16.8 Å². The van der Waals surface area contributed by atoms with Crippen molar-refractivity contribution in [2.24, 2.45) is 0 Å². The van der Waals surface area contributed by atoms with Crippen LogP contribution in [0.4, 0.5) is 0 Å². The van der Waals surface area contributed by atoms with Crippen molar-refractivity contribution in [2.75, 3.05) is 0 Å². The zero-order chi connectivity index (χ0) is 17.2. The molecule has 0 atom stereocenters. The number of nitrogens with zero attached hydrogens (tertiary/aromatic N) is 3. The minimum absolute atomic E-state index is 0.139. The lowest BCUT2D eigenvalue weighted by atomic mass is 10.1. The van der Waals surface area contributed by atoms with Crippen LogP contribution in [0.1, 0.15) is 11.3 Å². The summed E-state index contributed by atoms with van der Waals surface area (Å²) in [5.41, 5.74) is 3.03. The standard InChI is InChI=1S/C19H13N3O2S/c23-16-7-4-14(5-8-16)17-12-25-19-21-15(10-18(24)22(17)19)6-3-13-2-1-9-20-11-13/h1-12,23H/b6-3+. The lowest BCUT2D eigenvalue weighted by Gasteiger charge is -2.02. The molecular formula is C19H13N3O2S. The maximum Gasteiger partial charge on any atom is 0.259 e. The average Bonchev–Trinajstić information content (AvgIpc) is 3.06. The monoisotopic (exact) mass is 347 g/mol. The second kappa shape index (κ2) is 6.33. The van der Waals surface area contributed by atoms with Crippen LogP contribution in [0.3, 0.4) is 0 Å². The van der Waals surface area contributed by atoms with Crippen molar-refractivity contribution in [1.82, 2.24) is 14.4 Å². The van der Waals surface area contributed by atoms with E-state index in [1.807, 2.05) is 23.6 Å². The molecule has 1 N–H and O–H groups in total. The van der Waals surface area contributed by atoms with Gasteiger partial charge in [-0.05, 0) is 47.5 Å². The highest BCUT2D eigenvalue weighted by atomic mass is 32.1. The molecule has 0 aliphatic rings. The molecule has 0 spiro atoms. The quantitative estimate of drug-likeness (QED) is 0.614. The molecule has 3 aromatic heterocycles. The molecule has 0 saturated carbocycles. The van der Waals surface area contributed by atoms with E-state index in [-0.39, 0.29) is 11.3 Å². The van der Waals surface area contributed by atoms with Crippen LogP contribution in [0.2, 0.25) is 0 Å². The van der Waals surface area contributed by atoms with Crippen LogP contribution in [0.15, 0.2) is 65.0 Å². The molecule has 4 aromatic rings. The van der Waals surface area contributed by atoms with Gasteiger partial charge in [-0.3, -0.25) is 14.2 Å². The van der Waals surface area contributed by atoms with Gasteiger partial charge in [0.05, 0.1) is 11.4 Å². The smallest absolute Gasteiger partial charge is 0.259 e. The van der Waals surface area contributed by atoms with Crippen LogP contribution in [-0.4, -0.2) is 19.5 Å². The summed E-state index contributed by atoms with van der Waals surface area (Å²) in [5.74, 6) is 0.191. The van der Waals surface area contributed by atoms with Gasteiger partial charge in [-0.15, -0.1) is 11.3 Å². The van der Waals surface area contributed by atoms with Crippen molar-refractivity contribution in [3.63, 3.8) is 0 Å². The first-order valence-electron chi connectivity index (χ1n) is 7.59. The minimum Gasteiger partial charge on any atom is -0.508 e. The highest BCUT2D eigenvalue weighted by Gasteiger charge is 2.10. The van der Waals surface area contributed by atoms with Crippen molar-refractivity contribution >= 4 is 28.4 Å². The lowest BCUT2D eigenvalue weighted by molar-refractivity contribution is 0.475. The number of hydrogen-bond donors (Lipinski definition) is 1. The van der Waals surface area contributed by atoms with Gasteiger partial charge in [0, 0.05) is 23.8 Å². The molecule has 0 saturated heterocycles. The molecule has 6 heteroatoms. The molecule has 25 heavy (non-hydrogen) atoms. The summed E-state index contributed by atoms with van der Waals surface area (Å²) >= 11 is 1.41. The van der Waals surface area contributed by atoms with Crippen LogP contribution in [0.25, 0.3) is 28.4 Å². The number of thiazole rings is 1. The third-order valence-corrected chi connectivity index (χ3v) is 4.54. The molecule has 0 fully saturated rings. The van der Waals surface area contributed by atoms with E-state index in [4.69, 9.17) is 0 Å². The van der Waals surface area contributed by atoms with Crippen molar-refractivity contribution in [2.45, 2.75) is 0 Å². The van der Waals surface area contributed by atoms with Crippen LogP contribution in [-0.2, 0) is 0 Å². The maximum atomic E-state index is 12.6. The van der Waals surface area contributed by atoms with Gasteiger partial charge in [-0.1, -0.05) is 12.1 Å². The number of rotatable bonds is 3. The molecule has 122 valence electrons. The Morgan fingerprint density at radius 2 is 1.96 bits per heavy atom. The van der Waals surface area contributed by atoms with Crippen LogP contribution in [0.5, 0.6) is 5.75 Å². The van der Waals surface area contributed by atoms with Crippen LogP contribution < -0.4 is 5.56 Å². The molecule has 0 radical (unpaired) electrons. The molecule has 0 aliphatic heterocycles. The second-order valence-corrected chi connectivity index (χ2v) is 6.26. The van der Waals surface area contributed by atoms with Crippen molar-refractivity contribution < 1.29 is 5.11 Å². The molecule has 5 nitrogen and oxygen atoms in total. The van der Waals surface area contributed by atoms with E-state index in [9.17, 15) is 9.90 Å². The third kappa shape index (κ3) is 3.07. The fourth-order valence-electron chi connectivity index (χ4n) is 2.51. The fourth-order valence-corrected chi connectivity index (χ4v) is 3.42. The first kappa shape index (κ1) is 15.3. The number of hydrogen-bond acceptors (Lipinski definition) is 5. The second-order valence-electron chi connectivity index (χ2n) is 5.42. The minimum atomic E-state index is -0.139. The zero-order valence-corrected chi connectivity index (χ0v) is 13.9. The fraction of sp³-hybridized carbons (Fsp3) is 0. The topological polar surface area (TPSA) is 67.5 Å². The van der Waals surface area contributed by atoms with E-state index in [1.54, 1.807) is 47.1 Å². The number of phenolic OH excluding ortho intramolecular Hbond substituents is 1. The lowest BCUT2D eigenvalue weighted by Crippen LogP contribution is -2.13. The number of phenols is 1. The van der Waals surface area contributed by atoms with Gasteiger partial charge in [0.15, 0.2) is 4.96 Å². The maximum absolute atomic E-state index is 12.6. The van der Waals surface area contributed by atoms with Gasteiger partial charge >= 0.3 is 0 Å². The van der Waals surface area contributed by atoms with E-state index in [1.165, 1.54) is 17.4 Å². The Labute approximate surface area is 147 Å². The summed E-state index contributed by atoms with van der Waals surface area (Å²) in [6.07, 6.45) is 7.14. The van der Waals surface area contributed by atoms with Crippen molar-refractivity contribution in [1.29, 1.82) is 0 Å². The van der Waals surface area contributed by atoms with E-state index in [2.05, 4.69) is 9.97 Å². The Balaban J connectivity index is 1.76. The first-order chi connectivity index (χ1) is 12.2. The van der Waals surface area contributed by atoms with Crippen LogP contribution in [0, 0.1) is 0 Å². The van der Waals surface area contributed by atoms with Gasteiger partial charge < -0.3 is 5.11 Å². The SMILES string of the molecule is O=c1cc(/C=C/c2cccnc2)nc2scc(-c3ccc(O)cc3)n12. The van der Waals surface area contributed by atoms with Gasteiger partial charge in [0.1, 0.15) is 5.75 Å². The summed E-state index contributed by atoms with van der Waals surface area (Å²) in [4.78, 5) is 21.8. The number of aromatic hydroxyl groups is 1. The van der Waals surface area contributed by atoms with Gasteiger partial charge in [0.2, 0.25) is 0 Å². The van der Waals surface area contributed by atoms with E-state index >= 15 is 0 Å². The highest BCUT2D eigenvalue weighted by molar-refractivity contribution is 7.15. The average molecular weight is 347 g/mol. The molecule has 0 bridgehead atoms. The third-order valence-electron chi connectivity index (χ3n) is 3.72. The number of fused-ring (bicyclic) bond motifs is 1. The molecule has 0 aliphatic carbocycles. The number of benzene rings is 1. The Morgan fingerprint density at radius 1 is 1.12 bits per heavy atom. The molecule has 0 unspecified atom stereocenters. The van der Waals surface area contributed by atoms with E-state index in [0.29, 0.717) is 10.7 Å². The largest absolute Gasteiger partial charge is 0.508 e.